The van der Waals surface area contributed by atoms with E-state index in [1.165, 1.54) is 18.1 Å². The lowest BCUT2D eigenvalue weighted by atomic mass is 9.81. The van der Waals surface area contributed by atoms with Gasteiger partial charge in [-0.25, -0.2) is 9.37 Å². The third-order valence-electron chi connectivity index (χ3n) is 5.58. The molecule has 1 aliphatic rings. The molecule has 0 spiro atoms. The summed E-state index contributed by atoms with van der Waals surface area (Å²) >= 11 is 0. The van der Waals surface area contributed by atoms with Gasteiger partial charge in [0, 0.05) is 35.6 Å². The SMILES string of the molecule is Cc1cc(OCC(C)(C)C(OC(C)(C)C)=C2CCC2)ncc1-c1cnc(C(C)N)c(F)c1. The minimum atomic E-state index is -0.454. The van der Waals surface area contributed by atoms with Crippen molar-refractivity contribution in [2.24, 2.45) is 11.1 Å². The molecule has 2 heterocycles. The van der Waals surface area contributed by atoms with Gasteiger partial charge in [-0.15, -0.1) is 0 Å². The minimum absolute atomic E-state index is 0.258. The zero-order valence-corrected chi connectivity index (χ0v) is 20.4. The van der Waals surface area contributed by atoms with Gasteiger partial charge < -0.3 is 15.2 Å². The smallest absolute Gasteiger partial charge is 0.213 e. The number of ether oxygens (including phenoxy) is 2. The quantitative estimate of drug-likeness (QED) is 0.513. The average Bonchev–Trinajstić information content (AvgIpc) is 2.63. The molecule has 0 aromatic carbocycles. The van der Waals surface area contributed by atoms with Crippen molar-refractivity contribution < 1.29 is 13.9 Å². The highest BCUT2D eigenvalue weighted by molar-refractivity contribution is 5.66. The van der Waals surface area contributed by atoms with Crippen molar-refractivity contribution in [2.75, 3.05) is 6.61 Å². The Morgan fingerprint density at radius 3 is 2.31 bits per heavy atom. The van der Waals surface area contributed by atoms with Crippen LogP contribution in [0.25, 0.3) is 11.1 Å². The van der Waals surface area contributed by atoms with Gasteiger partial charge in [0.25, 0.3) is 0 Å². The van der Waals surface area contributed by atoms with Gasteiger partial charge in [0.2, 0.25) is 5.88 Å². The summed E-state index contributed by atoms with van der Waals surface area (Å²) in [4.78, 5) is 8.65. The molecule has 174 valence electrons. The van der Waals surface area contributed by atoms with Gasteiger partial charge in [-0.05, 0) is 84.9 Å². The zero-order valence-electron chi connectivity index (χ0n) is 20.4. The summed E-state index contributed by atoms with van der Waals surface area (Å²) in [6.07, 6.45) is 6.74. The second-order valence-corrected chi connectivity index (χ2v) is 10.4. The van der Waals surface area contributed by atoms with Crippen LogP contribution in [0.3, 0.4) is 0 Å². The number of nitrogens with zero attached hydrogens (tertiary/aromatic N) is 2. The summed E-state index contributed by atoms with van der Waals surface area (Å²) in [6.45, 7) is 14.6. The molecule has 0 saturated heterocycles. The van der Waals surface area contributed by atoms with E-state index in [9.17, 15) is 4.39 Å². The third kappa shape index (κ3) is 5.66. The molecule has 1 atom stereocenters. The maximum Gasteiger partial charge on any atom is 0.213 e. The lowest BCUT2D eigenvalue weighted by Gasteiger charge is -2.37. The topological polar surface area (TPSA) is 70.3 Å². The number of nitrogens with two attached hydrogens (primary N) is 1. The van der Waals surface area contributed by atoms with Crippen molar-refractivity contribution >= 4 is 0 Å². The fraction of sp³-hybridized carbons (Fsp3) is 0.538. The summed E-state index contributed by atoms with van der Waals surface area (Å²) in [5.41, 5.74) is 9.29. The van der Waals surface area contributed by atoms with Crippen LogP contribution in [0.1, 0.15) is 78.1 Å². The Kier molecular flexibility index (Phi) is 6.94. The average molecular weight is 442 g/mol. The number of hydrogen-bond acceptors (Lipinski definition) is 5. The molecule has 5 nitrogen and oxygen atoms in total. The lowest BCUT2D eigenvalue weighted by Crippen LogP contribution is -2.33. The van der Waals surface area contributed by atoms with Gasteiger partial charge in [-0.1, -0.05) is 0 Å². The molecular weight excluding hydrogens is 405 g/mol. The molecule has 1 fully saturated rings. The van der Waals surface area contributed by atoms with E-state index >= 15 is 0 Å². The summed E-state index contributed by atoms with van der Waals surface area (Å²) in [5.74, 6) is 1.17. The summed E-state index contributed by atoms with van der Waals surface area (Å²) < 4.78 is 26.8. The first-order valence-corrected chi connectivity index (χ1v) is 11.3. The summed E-state index contributed by atoms with van der Waals surface area (Å²) in [6, 6.07) is 2.88. The molecule has 1 aliphatic carbocycles. The first kappa shape index (κ1) is 24.2. The van der Waals surface area contributed by atoms with E-state index in [0.717, 1.165) is 29.7 Å². The number of rotatable bonds is 7. The molecule has 1 saturated carbocycles. The van der Waals surface area contributed by atoms with Crippen molar-refractivity contribution in [2.45, 2.75) is 79.4 Å². The summed E-state index contributed by atoms with van der Waals surface area (Å²) in [7, 11) is 0. The number of aromatic nitrogens is 2. The fourth-order valence-electron chi connectivity index (χ4n) is 3.74. The Bertz CT molecular complexity index is 1000. The highest BCUT2D eigenvalue weighted by Crippen LogP contribution is 2.40. The van der Waals surface area contributed by atoms with Crippen LogP contribution >= 0.6 is 0 Å². The van der Waals surface area contributed by atoms with Crippen LogP contribution in [0.5, 0.6) is 5.88 Å². The van der Waals surface area contributed by atoms with Gasteiger partial charge in [0.15, 0.2) is 0 Å². The van der Waals surface area contributed by atoms with Gasteiger partial charge in [0.05, 0.1) is 11.1 Å². The number of aryl methyl sites for hydroxylation is 1. The molecule has 1 unspecified atom stereocenters. The van der Waals surface area contributed by atoms with Crippen LogP contribution in [-0.2, 0) is 4.74 Å². The molecule has 0 amide bonds. The van der Waals surface area contributed by atoms with Crippen molar-refractivity contribution in [1.82, 2.24) is 9.97 Å². The van der Waals surface area contributed by atoms with Crippen molar-refractivity contribution in [3.8, 4) is 17.0 Å². The van der Waals surface area contributed by atoms with E-state index in [4.69, 9.17) is 15.2 Å². The fourth-order valence-corrected chi connectivity index (χ4v) is 3.74. The van der Waals surface area contributed by atoms with E-state index < -0.39 is 11.9 Å². The predicted molar refractivity (Wildman–Crippen MR) is 126 cm³/mol. The minimum Gasteiger partial charge on any atom is -0.492 e. The monoisotopic (exact) mass is 441 g/mol. The maximum atomic E-state index is 14.3. The Hall–Kier alpha value is -2.47. The Balaban J connectivity index is 1.76. The normalized spacial score (nSPS) is 15.2. The number of allylic oxidation sites excluding steroid dienone is 1. The van der Waals surface area contributed by atoms with Crippen LogP contribution < -0.4 is 10.5 Å². The van der Waals surface area contributed by atoms with E-state index in [1.54, 1.807) is 19.3 Å². The molecule has 2 aromatic heterocycles. The molecule has 0 aliphatic heterocycles. The van der Waals surface area contributed by atoms with Crippen LogP contribution in [0, 0.1) is 18.2 Å². The molecule has 32 heavy (non-hydrogen) atoms. The molecule has 0 radical (unpaired) electrons. The van der Waals surface area contributed by atoms with Crippen molar-refractivity contribution in [3.05, 3.63) is 52.9 Å². The van der Waals surface area contributed by atoms with E-state index in [-0.39, 0.29) is 16.7 Å². The molecular formula is C26H36FN3O2. The van der Waals surface area contributed by atoms with Crippen LogP contribution in [0.2, 0.25) is 0 Å². The van der Waals surface area contributed by atoms with Crippen molar-refractivity contribution in [1.29, 1.82) is 0 Å². The number of halogens is 1. The second kappa shape index (κ2) is 9.18. The second-order valence-electron chi connectivity index (χ2n) is 10.4. The molecule has 2 aromatic rings. The van der Waals surface area contributed by atoms with E-state index in [2.05, 4.69) is 44.6 Å². The van der Waals surface area contributed by atoms with Gasteiger partial charge in [-0.3, -0.25) is 4.98 Å². The standard InChI is InChI=1S/C26H36FN3O2/c1-16-11-22(29-14-20(16)19-12-21(27)23(17(2)28)30-13-19)31-15-26(6,7)24(18-9-8-10-18)32-25(3,4)5/h11-14,17H,8-10,15,28H2,1-7H3. The molecule has 0 bridgehead atoms. The van der Waals surface area contributed by atoms with Crippen LogP contribution in [-0.4, -0.2) is 22.2 Å². The maximum absolute atomic E-state index is 14.3. The van der Waals surface area contributed by atoms with Gasteiger partial charge >= 0.3 is 0 Å². The van der Waals surface area contributed by atoms with Gasteiger partial charge in [-0.2, -0.15) is 0 Å². The highest BCUT2D eigenvalue weighted by atomic mass is 19.1. The summed E-state index contributed by atoms with van der Waals surface area (Å²) in [5, 5.41) is 0. The third-order valence-corrected chi connectivity index (χ3v) is 5.58. The van der Waals surface area contributed by atoms with E-state index in [1.807, 2.05) is 13.0 Å². The Morgan fingerprint density at radius 1 is 1.12 bits per heavy atom. The van der Waals surface area contributed by atoms with Crippen molar-refractivity contribution in [3.63, 3.8) is 0 Å². The van der Waals surface area contributed by atoms with E-state index in [0.29, 0.717) is 18.1 Å². The molecule has 3 rings (SSSR count). The highest BCUT2D eigenvalue weighted by Gasteiger charge is 2.34. The Labute approximate surface area is 191 Å². The first-order valence-electron chi connectivity index (χ1n) is 11.3. The number of pyridine rings is 2. The van der Waals surface area contributed by atoms with Crippen LogP contribution in [0.4, 0.5) is 4.39 Å². The first-order chi connectivity index (χ1) is 14.9. The zero-order chi connectivity index (χ0) is 23.7. The van der Waals surface area contributed by atoms with Gasteiger partial charge in [0.1, 0.15) is 23.8 Å². The molecule has 6 heteroatoms. The largest absolute Gasteiger partial charge is 0.492 e. The Morgan fingerprint density at radius 2 is 1.81 bits per heavy atom. The molecule has 2 N–H and O–H groups in total. The van der Waals surface area contributed by atoms with Crippen LogP contribution in [0.15, 0.2) is 35.9 Å². The lowest BCUT2D eigenvalue weighted by molar-refractivity contribution is 0.00140. The number of hydrogen-bond donors (Lipinski definition) is 1. The predicted octanol–water partition coefficient (Wildman–Crippen LogP) is 6.27.